The van der Waals surface area contributed by atoms with Crippen molar-refractivity contribution in [3.8, 4) is 11.3 Å². The Morgan fingerprint density at radius 3 is 2.76 bits per heavy atom. The lowest BCUT2D eigenvalue weighted by molar-refractivity contribution is -0.112. The summed E-state index contributed by atoms with van der Waals surface area (Å²) in [5.41, 5.74) is 2.00. The zero-order valence-electron chi connectivity index (χ0n) is 11.1. The summed E-state index contributed by atoms with van der Waals surface area (Å²) >= 11 is 1.39. The van der Waals surface area contributed by atoms with Crippen molar-refractivity contribution < 1.29 is 9.18 Å². The molecule has 1 amide bonds. The van der Waals surface area contributed by atoms with Crippen molar-refractivity contribution >= 4 is 28.2 Å². The van der Waals surface area contributed by atoms with Crippen molar-refractivity contribution in [2.24, 2.45) is 0 Å². The highest BCUT2D eigenvalue weighted by Gasteiger charge is 2.13. The van der Waals surface area contributed by atoms with Crippen molar-refractivity contribution in [1.82, 2.24) is 14.6 Å². The summed E-state index contributed by atoms with van der Waals surface area (Å²) in [4.78, 5) is 16.4. The van der Waals surface area contributed by atoms with Crippen LogP contribution in [-0.2, 0) is 4.79 Å². The van der Waals surface area contributed by atoms with E-state index in [0.29, 0.717) is 10.5 Å². The van der Waals surface area contributed by atoms with E-state index in [0.717, 1.165) is 11.3 Å². The van der Waals surface area contributed by atoms with Crippen molar-refractivity contribution in [3.05, 3.63) is 47.6 Å². The summed E-state index contributed by atoms with van der Waals surface area (Å²) in [6.45, 7) is 5.17. The molecule has 2 aromatic heterocycles. The van der Waals surface area contributed by atoms with Crippen molar-refractivity contribution in [1.29, 1.82) is 0 Å². The van der Waals surface area contributed by atoms with Gasteiger partial charge in [-0.1, -0.05) is 6.58 Å². The van der Waals surface area contributed by atoms with Crippen LogP contribution in [0.15, 0.2) is 41.8 Å². The lowest BCUT2D eigenvalue weighted by atomic mass is 10.2. The van der Waals surface area contributed by atoms with Gasteiger partial charge < -0.3 is 0 Å². The molecule has 106 valence electrons. The maximum atomic E-state index is 13.0. The molecule has 0 saturated carbocycles. The predicted octanol–water partition coefficient (Wildman–Crippen LogP) is 3.11. The van der Waals surface area contributed by atoms with Gasteiger partial charge in [-0.25, -0.2) is 8.91 Å². The molecule has 21 heavy (non-hydrogen) atoms. The first-order valence-corrected chi connectivity index (χ1v) is 6.99. The predicted molar refractivity (Wildman–Crippen MR) is 79.7 cm³/mol. The maximum absolute atomic E-state index is 13.0. The van der Waals surface area contributed by atoms with Crippen LogP contribution in [-0.4, -0.2) is 20.5 Å². The van der Waals surface area contributed by atoms with E-state index in [-0.39, 0.29) is 17.7 Å². The first kappa shape index (κ1) is 13.4. The highest BCUT2D eigenvalue weighted by Crippen LogP contribution is 2.26. The lowest BCUT2D eigenvalue weighted by Crippen LogP contribution is -2.13. The maximum Gasteiger partial charge on any atom is 0.253 e. The van der Waals surface area contributed by atoms with Gasteiger partial charge in [-0.2, -0.15) is 4.98 Å². The number of anilines is 1. The van der Waals surface area contributed by atoms with Gasteiger partial charge in [0.15, 0.2) is 0 Å². The number of thiazole rings is 1. The molecule has 1 aromatic carbocycles. The molecular weight excluding hydrogens is 291 g/mol. The molecule has 3 aromatic rings. The molecule has 0 aliphatic heterocycles. The molecular formula is C14H11FN4OS. The fourth-order valence-corrected chi connectivity index (χ4v) is 2.59. The van der Waals surface area contributed by atoms with Gasteiger partial charge >= 0.3 is 0 Å². The number of carbonyl (C=O) groups excluding carboxylic acids is 1. The van der Waals surface area contributed by atoms with Gasteiger partial charge in [-0.05, 0) is 31.2 Å². The number of amides is 1. The summed E-state index contributed by atoms with van der Waals surface area (Å²) in [5, 5.41) is 8.69. The minimum absolute atomic E-state index is 0.221. The lowest BCUT2D eigenvalue weighted by Gasteiger charge is -1.99. The average molecular weight is 302 g/mol. The molecule has 0 saturated heterocycles. The van der Waals surface area contributed by atoms with E-state index in [1.165, 1.54) is 23.5 Å². The zero-order valence-corrected chi connectivity index (χ0v) is 11.9. The Hall–Kier alpha value is -2.54. The smallest absolute Gasteiger partial charge is 0.253 e. The summed E-state index contributed by atoms with van der Waals surface area (Å²) in [6, 6.07) is 6.12. The summed E-state index contributed by atoms with van der Waals surface area (Å²) in [5.74, 6) is -0.395. The highest BCUT2D eigenvalue weighted by molar-refractivity contribution is 7.15. The third kappa shape index (κ3) is 2.55. The Kier molecular flexibility index (Phi) is 3.26. The molecule has 0 unspecified atom stereocenters. The second-order valence-electron chi connectivity index (χ2n) is 4.49. The SMILES string of the molecule is C=C(C)C(=O)Nc1nc2scc(-c3ccc(F)cc3)n2n1. The molecule has 0 bridgehead atoms. The van der Waals surface area contributed by atoms with Crippen LogP contribution in [0.1, 0.15) is 6.92 Å². The number of fused-ring (bicyclic) bond motifs is 1. The molecule has 0 aliphatic rings. The van der Waals surface area contributed by atoms with Crippen LogP contribution in [0.2, 0.25) is 0 Å². The summed E-state index contributed by atoms with van der Waals surface area (Å²) in [7, 11) is 0. The Morgan fingerprint density at radius 2 is 2.10 bits per heavy atom. The van der Waals surface area contributed by atoms with Gasteiger partial charge in [0.25, 0.3) is 11.9 Å². The largest absolute Gasteiger partial charge is 0.289 e. The van der Waals surface area contributed by atoms with Crippen LogP contribution >= 0.6 is 11.3 Å². The number of nitrogens with one attached hydrogen (secondary N) is 1. The molecule has 0 aliphatic carbocycles. The quantitative estimate of drug-likeness (QED) is 0.756. The van der Waals surface area contributed by atoms with Gasteiger partial charge in [-0.15, -0.1) is 16.4 Å². The Bertz CT molecular complexity index is 834. The summed E-state index contributed by atoms with van der Waals surface area (Å²) < 4.78 is 14.6. The van der Waals surface area contributed by atoms with E-state index >= 15 is 0 Å². The van der Waals surface area contributed by atoms with Crippen molar-refractivity contribution in [2.75, 3.05) is 5.32 Å². The molecule has 0 fully saturated rings. The van der Waals surface area contributed by atoms with Crippen LogP contribution in [0.4, 0.5) is 10.3 Å². The fraction of sp³-hybridized carbons (Fsp3) is 0.0714. The number of rotatable bonds is 3. The molecule has 2 heterocycles. The molecule has 0 radical (unpaired) electrons. The van der Waals surface area contributed by atoms with Crippen molar-refractivity contribution in [2.45, 2.75) is 6.92 Å². The normalized spacial score (nSPS) is 10.8. The number of carbonyl (C=O) groups is 1. The molecule has 3 rings (SSSR count). The molecule has 7 heteroatoms. The Morgan fingerprint density at radius 1 is 1.38 bits per heavy atom. The second-order valence-corrected chi connectivity index (χ2v) is 5.33. The molecule has 5 nitrogen and oxygen atoms in total. The second kappa shape index (κ2) is 5.10. The van der Waals surface area contributed by atoms with Gasteiger partial charge in [-0.3, -0.25) is 10.1 Å². The standard InChI is InChI=1S/C14H11FN4OS/c1-8(2)12(20)16-13-17-14-19(18-13)11(7-21-14)9-3-5-10(15)6-4-9/h3-7H,1H2,2H3,(H,16,18,20). The van der Waals surface area contributed by atoms with E-state index in [1.807, 2.05) is 5.38 Å². The number of halogens is 1. The molecule has 0 spiro atoms. The third-order valence-electron chi connectivity index (χ3n) is 2.83. The van der Waals surface area contributed by atoms with Crippen molar-refractivity contribution in [3.63, 3.8) is 0 Å². The summed E-state index contributed by atoms with van der Waals surface area (Å²) in [6.07, 6.45) is 0. The van der Waals surface area contributed by atoms with Crippen LogP contribution in [0.25, 0.3) is 16.2 Å². The van der Waals surface area contributed by atoms with E-state index in [4.69, 9.17) is 0 Å². The van der Waals surface area contributed by atoms with E-state index in [2.05, 4.69) is 22.0 Å². The zero-order chi connectivity index (χ0) is 15.0. The molecule has 1 N–H and O–H groups in total. The average Bonchev–Trinajstić information content (AvgIpc) is 2.99. The van der Waals surface area contributed by atoms with Gasteiger partial charge in [0.2, 0.25) is 4.96 Å². The van der Waals surface area contributed by atoms with Gasteiger partial charge in [0, 0.05) is 16.5 Å². The van der Waals surface area contributed by atoms with Crippen LogP contribution < -0.4 is 5.32 Å². The number of benzene rings is 1. The van der Waals surface area contributed by atoms with E-state index in [1.54, 1.807) is 23.6 Å². The first-order chi connectivity index (χ1) is 10.0. The Balaban J connectivity index is 1.98. The van der Waals surface area contributed by atoms with Crippen LogP contribution in [0.5, 0.6) is 0 Å². The van der Waals surface area contributed by atoms with Gasteiger partial charge in [0.1, 0.15) is 5.82 Å². The minimum Gasteiger partial charge on any atom is -0.289 e. The minimum atomic E-state index is -0.323. The van der Waals surface area contributed by atoms with Crippen LogP contribution in [0.3, 0.4) is 0 Å². The van der Waals surface area contributed by atoms with E-state index in [9.17, 15) is 9.18 Å². The van der Waals surface area contributed by atoms with Crippen LogP contribution in [0, 0.1) is 5.82 Å². The number of hydrogen-bond acceptors (Lipinski definition) is 4. The number of aromatic nitrogens is 3. The highest BCUT2D eigenvalue weighted by atomic mass is 32.1. The topological polar surface area (TPSA) is 59.3 Å². The number of hydrogen-bond donors (Lipinski definition) is 1. The Labute approximate surface area is 123 Å². The van der Waals surface area contributed by atoms with Gasteiger partial charge in [0.05, 0.1) is 5.69 Å². The third-order valence-corrected chi connectivity index (χ3v) is 3.65. The van der Waals surface area contributed by atoms with E-state index < -0.39 is 0 Å². The first-order valence-electron chi connectivity index (χ1n) is 6.11. The fourth-order valence-electron chi connectivity index (χ4n) is 1.76. The number of nitrogens with zero attached hydrogens (tertiary/aromatic N) is 3. The monoisotopic (exact) mass is 302 g/mol. The molecule has 0 atom stereocenters.